The third kappa shape index (κ3) is 8.98. The molecule has 0 aliphatic heterocycles. The van der Waals surface area contributed by atoms with Crippen molar-refractivity contribution in [2.24, 2.45) is 0 Å². The number of hydrogen-bond acceptors (Lipinski definition) is 5. The number of unbranched alkanes of at least 4 members (excludes halogenated alkanes) is 1. The Morgan fingerprint density at radius 2 is 1.94 bits per heavy atom. The van der Waals surface area contributed by atoms with Crippen molar-refractivity contribution in [2.45, 2.75) is 45.6 Å². The standard InChI is InChI=1S/C10H17NO5/c1-10(2,3)15-9(14)11-16-8(13)6-4-5-7-12/h7H,4-6H2,1-3H3,(H,11,14). The van der Waals surface area contributed by atoms with Gasteiger partial charge < -0.3 is 14.4 Å². The molecule has 0 unspecified atom stereocenters. The summed E-state index contributed by atoms with van der Waals surface area (Å²) >= 11 is 0. The molecule has 16 heavy (non-hydrogen) atoms. The topological polar surface area (TPSA) is 81.7 Å². The molecule has 0 bridgehead atoms. The molecule has 0 rings (SSSR count). The number of carbonyl (C=O) groups excluding carboxylic acids is 3. The van der Waals surface area contributed by atoms with Gasteiger partial charge in [0.2, 0.25) is 0 Å². The molecule has 0 saturated carbocycles. The molecule has 1 N–H and O–H groups in total. The minimum absolute atomic E-state index is 0.0779. The van der Waals surface area contributed by atoms with E-state index in [0.717, 1.165) is 0 Å². The third-order valence-electron chi connectivity index (χ3n) is 1.35. The van der Waals surface area contributed by atoms with Crippen molar-refractivity contribution in [3.05, 3.63) is 0 Å². The van der Waals surface area contributed by atoms with Crippen molar-refractivity contribution in [1.82, 2.24) is 5.48 Å². The number of hydrogen-bond donors (Lipinski definition) is 1. The lowest BCUT2D eigenvalue weighted by atomic mass is 10.2. The maximum Gasteiger partial charge on any atom is 0.441 e. The fraction of sp³-hybridized carbons (Fsp3) is 0.700. The summed E-state index contributed by atoms with van der Waals surface area (Å²) < 4.78 is 4.83. The maximum absolute atomic E-state index is 11.0. The number of ether oxygens (including phenoxy) is 1. The summed E-state index contributed by atoms with van der Waals surface area (Å²) in [5, 5.41) is 0. The van der Waals surface area contributed by atoms with Gasteiger partial charge in [-0.3, -0.25) is 0 Å². The maximum atomic E-state index is 11.0. The van der Waals surface area contributed by atoms with E-state index in [1.807, 2.05) is 5.48 Å². The van der Waals surface area contributed by atoms with Gasteiger partial charge in [-0.05, 0) is 27.2 Å². The molecule has 0 aromatic rings. The van der Waals surface area contributed by atoms with Gasteiger partial charge in [-0.1, -0.05) is 0 Å². The Kier molecular flexibility index (Phi) is 6.14. The van der Waals surface area contributed by atoms with Crippen LogP contribution in [-0.2, 0) is 19.2 Å². The molecule has 0 aliphatic carbocycles. The SMILES string of the molecule is CC(C)(C)OC(=O)NOC(=O)CCCC=O. The summed E-state index contributed by atoms with van der Waals surface area (Å²) in [6, 6.07) is 0. The number of rotatable bonds is 4. The van der Waals surface area contributed by atoms with Crippen LogP contribution >= 0.6 is 0 Å². The Labute approximate surface area is 94.2 Å². The van der Waals surface area contributed by atoms with Crippen LogP contribution in [0.15, 0.2) is 0 Å². The van der Waals surface area contributed by atoms with Crippen LogP contribution in [0.3, 0.4) is 0 Å². The normalized spacial score (nSPS) is 10.4. The third-order valence-corrected chi connectivity index (χ3v) is 1.35. The molecule has 0 radical (unpaired) electrons. The molecule has 6 heteroatoms. The van der Waals surface area contributed by atoms with Crippen molar-refractivity contribution in [3.63, 3.8) is 0 Å². The number of amides is 1. The van der Waals surface area contributed by atoms with Crippen LogP contribution in [0, 0.1) is 0 Å². The highest BCUT2D eigenvalue weighted by Crippen LogP contribution is 2.06. The zero-order valence-corrected chi connectivity index (χ0v) is 9.74. The molecule has 0 heterocycles. The Balaban J connectivity index is 3.67. The molecule has 0 aliphatic rings. The zero-order valence-electron chi connectivity index (χ0n) is 9.74. The van der Waals surface area contributed by atoms with Crippen molar-refractivity contribution >= 4 is 18.3 Å². The van der Waals surface area contributed by atoms with E-state index in [2.05, 4.69) is 4.84 Å². The van der Waals surface area contributed by atoms with E-state index in [0.29, 0.717) is 19.1 Å². The molecule has 6 nitrogen and oxygen atoms in total. The molecule has 92 valence electrons. The van der Waals surface area contributed by atoms with E-state index in [4.69, 9.17) is 4.74 Å². The quantitative estimate of drug-likeness (QED) is 0.448. The molecular weight excluding hydrogens is 214 g/mol. The Hall–Kier alpha value is -1.59. The summed E-state index contributed by atoms with van der Waals surface area (Å²) in [7, 11) is 0. The lowest BCUT2D eigenvalue weighted by Crippen LogP contribution is -2.34. The zero-order chi connectivity index (χ0) is 12.6. The first-order valence-electron chi connectivity index (χ1n) is 4.97. The molecular formula is C10H17NO5. The van der Waals surface area contributed by atoms with Crippen LogP contribution < -0.4 is 5.48 Å². The van der Waals surface area contributed by atoms with Crippen LogP contribution in [0.1, 0.15) is 40.0 Å². The van der Waals surface area contributed by atoms with Gasteiger partial charge >= 0.3 is 12.1 Å². The van der Waals surface area contributed by atoms with Gasteiger partial charge in [0.25, 0.3) is 0 Å². The van der Waals surface area contributed by atoms with Gasteiger partial charge in [0.1, 0.15) is 11.9 Å². The lowest BCUT2D eigenvalue weighted by molar-refractivity contribution is -0.150. The highest BCUT2D eigenvalue weighted by molar-refractivity contribution is 5.73. The fourth-order valence-electron chi connectivity index (χ4n) is 0.778. The highest BCUT2D eigenvalue weighted by Gasteiger charge is 2.17. The average molecular weight is 231 g/mol. The van der Waals surface area contributed by atoms with Crippen molar-refractivity contribution in [1.29, 1.82) is 0 Å². The van der Waals surface area contributed by atoms with Gasteiger partial charge in [-0.2, -0.15) is 0 Å². The second kappa shape index (κ2) is 6.81. The first-order chi connectivity index (χ1) is 7.35. The van der Waals surface area contributed by atoms with Gasteiger partial charge in [0.15, 0.2) is 0 Å². The van der Waals surface area contributed by atoms with Crippen LogP contribution in [0.25, 0.3) is 0 Å². The van der Waals surface area contributed by atoms with Crippen molar-refractivity contribution in [2.75, 3.05) is 0 Å². The number of nitrogens with one attached hydrogen (secondary N) is 1. The molecule has 1 amide bonds. The van der Waals surface area contributed by atoms with E-state index in [9.17, 15) is 14.4 Å². The summed E-state index contributed by atoms with van der Waals surface area (Å²) in [5.41, 5.74) is 1.22. The van der Waals surface area contributed by atoms with E-state index in [1.54, 1.807) is 20.8 Å². The van der Waals surface area contributed by atoms with E-state index in [1.165, 1.54) is 0 Å². The van der Waals surface area contributed by atoms with Crippen LogP contribution in [0.5, 0.6) is 0 Å². The Morgan fingerprint density at radius 3 is 2.44 bits per heavy atom. The van der Waals surface area contributed by atoms with E-state index < -0.39 is 17.7 Å². The summed E-state index contributed by atoms with van der Waals surface area (Å²) in [4.78, 5) is 36.4. The number of hydroxylamine groups is 1. The number of aldehydes is 1. The largest absolute Gasteiger partial charge is 0.442 e. The second-order valence-electron chi connectivity index (χ2n) is 4.14. The average Bonchev–Trinajstić information content (AvgIpc) is 2.12. The molecule has 0 saturated heterocycles. The molecule has 0 aromatic carbocycles. The van der Waals surface area contributed by atoms with Crippen molar-refractivity contribution in [3.8, 4) is 0 Å². The molecule has 0 fully saturated rings. The van der Waals surface area contributed by atoms with E-state index in [-0.39, 0.29) is 6.42 Å². The predicted octanol–water partition coefficient (Wildman–Crippen LogP) is 1.34. The minimum Gasteiger partial charge on any atom is -0.442 e. The Morgan fingerprint density at radius 1 is 1.31 bits per heavy atom. The van der Waals surface area contributed by atoms with E-state index >= 15 is 0 Å². The molecule has 0 atom stereocenters. The monoisotopic (exact) mass is 231 g/mol. The van der Waals surface area contributed by atoms with Gasteiger partial charge in [0.05, 0.1) is 0 Å². The van der Waals surface area contributed by atoms with Crippen molar-refractivity contribution < 1.29 is 24.0 Å². The molecule has 0 aromatic heterocycles. The first kappa shape index (κ1) is 14.4. The summed E-state index contributed by atoms with van der Waals surface area (Å²) in [5.74, 6) is -0.604. The predicted molar refractivity (Wildman–Crippen MR) is 55.4 cm³/mol. The van der Waals surface area contributed by atoms with Gasteiger partial charge in [-0.25, -0.2) is 9.59 Å². The first-order valence-corrected chi connectivity index (χ1v) is 4.97. The van der Waals surface area contributed by atoms with Gasteiger partial charge in [0, 0.05) is 12.8 Å². The summed E-state index contributed by atoms with van der Waals surface area (Å²) in [6.07, 6.45) is 0.666. The smallest absolute Gasteiger partial charge is 0.441 e. The second-order valence-corrected chi connectivity index (χ2v) is 4.14. The van der Waals surface area contributed by atoms with Crippen LogP contribution in [-0.4, -0.2) is 23.9 Å². The van der Waals surface area contributed by atoms with Crippen LogP contribution in [0.4, 0.5) is 4.79 Å². The highest BCUT2D eigenvalue weighted by atomic mass is 16.7. The molecule has 0 spiro atoms. The van der Waals surface area contributed by atoms with Crippen LogP contribution in [0.2, 0.25) is 0 Å². The minimum atomic E-state index is -0.823. The Bertz CT molecular complexity index is 256. The lowest BCUT2D eigenvalue weighted by Gasteiger charge is -2.19. The fourth-order valence-corrected chi connectivity index (χ4v) is 0.778. The van der Waals surface area contributed by atoms with Gasteiger partial charge in [-0.15, -0.1) is 5.48 Å². The number of carbonyl (C=O) groups is 3. The summed E-state index contributed by atoms with van der Waals surface area (Å²) in [6.45, 7) is 5.08.